The van der Waals surface area contributed by atoms with Crippen molar-refractivity contribution in [2.75, 3.05) is 42.7 Å². The molecule has 1 aromatic heterocycles. The van der Waals surface area contributed by atoms with Crippen LogP contribution in [0.2, 0.25) is 5.02 Å². The van der Waals surface area contributed by atoms with Crippen molar-refractivity contribution in [2.24, 2.45) is 0 Å². The van der Waals surface area contributed by atoms with Crippen LogP contribution in [0.1, 0.15) is 11.1 Å². The Labute approximate surface area is 200 Å². The number of morpholine rings is 1. The molecule has 7 nitrogen and oxygen atoms in total. The van der Waals surface area contributed by atoms with Gasteiger partial charge in [0, 0.05) is 36.0 Å². The normalized spacial score (nSPS) is 14.3. The van der Waals surface area contributed by atoms with Gasteiger partial charge in [0.05, 0.1) is 19.0 Å². The molecule has 0 unspecified atom stereocenters. The van der Waals surface area contributed by atoms with Gasteiger partial charge in [-0.25, -0.2) is 0 Å². The first-order valence-electron chi connectivity index (χ1n) is 10.2. The highest BCUT2D eigenvalue weighted by molar-refractivity contribution is 8.01. The van der Waals surface area contributed by atoms with Gasteiger partial charge in [-0.1, -0.05) is 52.9 Å². The highest BCUT2D eigenvalue weighted by Crippen LogP contribution is 2.30. The average molecular weight is 490 g/mol. The van der Waals surface area contributed by atoms with Crippen LogP contribution >= 0.6 is 34.7 Å². The van der Waals surface area contributed by atoms with Crippen molar-refractivity contribution < 1.29 is 9.53 Å². The Kier molecular flexibility index (Phi) is 7.99. The molecule has 0 radical (unpaired) electrons. The van der Waals surface area contributed by atoms with Crippen LogP contribution < -0.4 is 10.6 Å². The molecule has 0 atom stereocenters. The lowest BCUT2D eigenvalue weighted by molar-refractivity contribution is -0.113. The van der Waals surface area contributed by atoms with Crippen LogP contribution in [-0.4, -0.2) is 53.1 Å². The smallest absolute Gasteiger partial charge is 0.234 e. The summed E-state index contributed by atoms with van der Waals surface area (Å²) >= 11 is 8.92. The Bertz CT molecular complexity index is 1050. The van der Waals surface area contributed by atoms with Gasteiger partial charge in [0.1, 0.15) is 0 Å². The molecule has 1 amide bonds. The molecule has 2 aromatic carbocycles. The van der Waals surface area contributed by atoms with Crippen molar-refractivity contribution in [3.05, 3.63) is 58.6 Å². The zero-order chi connectivity index (χ0) is 22.3. The number of ether oxygens (including phenoxy) is 1. The molecule has 1 aliphatic heterocycles. The van der Waals surface area contributed by atoms with Gasteiger partial charge in [-0.2, -0.15) is 0 Å². The van der Waals surface area contributed by atoms with E-state index in [0.717, 1.165) is 54.1 Å². The Balaban J connectivity index is 1.24. The fraction of sp³-hybridized carbons (Fsp3) is 0.318. The van der Waals surface area contributed by atoms with E-state index in [-0.39, 0.29) is 11.7 Å². The molecule has 32 heavy (non-hydrogen) atoms. The maximum Gasteiger partial charge on any atom is 0.234 e. The molecular weight excluding hydrogens is 466 g/mol. The fourth-order valence-electron chi connectivity index (χ4n) is 3.21. The van der Waals surface area contributed by atoms with Crippen LogP contribution in [0.15, 0.2) is 46.8 Å². The van der Waals surface area contributed by atoms with Gasteiger partial charge in [-0.15, -0.1) is 10.2 Å². The van der Waals surface area contributed by atoms with Gasteiger partial charge >= 0.3 is 0 Å². The monoisotopic (exact) mass is 489 g/mol. The SMILES string of the molecule is Cc1c(Cl)cccc1Nc1nnc(SCC(=O)Nc2ccc(CN3CCOCC3)cc2)s1. The molecule has 4 rings (SSSR count). The zero-order valence-corrected chi connectivity index (χ0v) is 20.0. The number of thioether (sulfide) groups is 1. The minimum absolute atomic E-state index is 0.0775. The third-order valence-electron chi connectivity index (χ3n) is 4.99. The number of aromatic nitrogens is 2. The molecule has 1 fully saturated rings. The molecule has 10 heteroatoms. The lowest BCUT2D eigenvalue weighted by Gasteiger charge is -2.26. The van der Waals surface area contributed by atoms with Crippen molar-refractivity contribution >= 4 is 57.1 Å². The van der Waals surface area contributed by atoms with Crippen LogP contribution in [0.4, 0.5) is 16.5 Å². The fourth-order valence-corrected chi connectivity index (χ4v) is 4.95. The third kappa shape index (κ3) is 6.43. The Morgan fingerprint density at radius 3 is 2.75 bits per heavy atom. The number of nitrogens with zero attached hydrogens (tertiary/aromatic N) is 3. The molecule has 3 aromatic rings. The van der Waals surface area contributed by atoms with Gasteiger partial charge in [-0.05, 0) is 42.3 Å². The largest absolute Gasteiger partial charge is 0.379 e. The van der Waals surface area contributed by atoms with E-state index >= 15 is 0 Å². The number of halogens is 1. The molecule has 0 saturated carbocycles. The third-order valence-corrected chi connectivity index (χ3v) is 7.37. The second-order valence-corrected chi connectivity index (χ2v) is 9.94. The minimum Gasteiger partial charge on any atom is -0.379 e. The number of rotatable bonds is 8. The average Bonchev–Trinajstić information content (AvgIpc) is 3.25. The molecule has 1 saturated heterocycles. The van der Waals surface area contributed by atoms with E-state index < -0.39 is 0 Å². The molecule has 1 aliphatic rings. The summed E-state index contributed by atoms with van der Waals surface area (Å²) in [7, 11) is 0. The summed E-state index contributed by atoms with van der Waals surface area (Å²) in [5.41, 5.74) is 3.86. The van der Waals surface area contributed by atoms with Crippen LogP contribution in [0.3, 0.4) is 0 Å². The Morgan fingerprint density at radius 1 is 1.19 bits per heavy atom. The quantitative estimate of drug-likeness (QED) is 0.439. The summed E-state index contributed by atoms with van der Waals surface area (Å²) in [6.07, 6.45) is 0. The second kappa shape index (κ2) is 11.1. The van der Waals surface area contributed by atoms with Crippen LogP contribution in [0, 0.1) is 6.92 Å². The number of anilines is 3. The van der Waals surface area contributed by atoms with E-state index in [1.165, 1.54) is 28.7 Å². The first kappa shape index (κ1) is 23.0. The van der Waals surface area contributed by atoms with E-state index in [1.807, 2.05) is 37.3 Å². The zero-order valence-electron chi connectivity index (χ0n) is 17.6. The predicted octanol–water partition coefficient (Wildman–Crippen LogP) is 4.81. The van der Waals surface area contributed by atoms with Crippen molar-refractivity contribution in [1.82, 2.24) is 15.1 Å². The molecular formula is C22H24ClN5O2S2. The van der Waals surface area contributed by atoms with Crippen LogP contribution in [0.5, 0.6) is 0 Å². The van der Waals surface area contributed by atoms with Crippen molar-refractivity contribution in [3.63, 3.8) is 0 Å². The molecule has 0 bridgehead atoms. The number of carbonyl (C=O) groups is 1. The molecule has 0 spiro atoms. The lowest BCUT2D eigenvalue weighted by Crippen LogP contribution is -2.35. The molecule has 2 heterocycles. The van der Waals surface area contributed by atoms with E-state index in [9.17, 15) is 4.79 Å². The number of hydrogen-bond donors (Lipinski definition) is 2. The van der Waals surface area contributed by atoms with Crippen LogP contribution in [0.25, 0.3) is 0 Å². The first-order valence-corrected chi connectivity index (χ1v) is 12.4. The maximum absolute atomic E-state index is 12.3. The predicted molar refractivity (Wildman–Crippen MR) is 131 cm³/mol. The van der Waals surface area contributed by atoms with Crippen LogP contribution in [-0.2, 0) is 16.1 Å². The molecule has 168 valence electrons. The second-order valence-electron chi connectivity index (χ2n) is 7.33. The first-order chi connectivity index (χ1) is 15.6. The highest BCUT2D eigenvalue weighted by atomic mass is 35.5. The van der Waals surface area contributed by atoms with Crippen molar-refractivity contribution in [3.8, 4) is 0 Å². The molecule has 2 N–H and O–H groups in total. The van der Waals surface area contributed by atoms with Gasteiger partial charge in [-0.3, -0.25) is 9.69 Å². The van der Waals surface area contributed by atoms with E-state index in [2.05, 4.69) is 37.9 Å². The van der Waals surface area contributed by atoms with Crippen molar-refractivity contribution in [1.29, 1.82) is 0 Å². The van der Waals surface area contributed by atoms with Gasteiger partial charge in [0.15, 0.2) is 4.34 Å². The highest BCUT2D eigenvalue weighted by Gasteiger charge is 2.12. The summed E-state index contributed by atoms with van der Waals surface area (Å²) in [5.74, 6) is 0.187. The van der Waals surface area contributed by atoms with Gasteiger partial charge < -0.3 is 15.4 Å². The number of amides is 1. The summed E-state index contributed by atoms with van der Waals surface area (Å²) in [6, 6.07) is 13.7. The number of benzene rings is 2. The number of carbonyl (C=O) groups excluding carboxylic acids is 1. The summed E-state index contributed by atoms with van der Waals surface area (Å²) in [5, 5.41) is 15.8. The standard InChI is InChI=1S/C22H24ClN5O2S2/c1-15-18(23)3-2-4-19(15)25-21-26-27-22(32-21)31-14-20(29)24-17-7-5-16(6-8-17)13-28-9-11-30-12-10-28/h2-8H,9-14H2,1H3,(H,24,29)(H,25,26). The van der Waals surface area contributed by atoms with Gasteiger partial charge in [0.2, 0.25) is 11.0 Å². The summed E-state index contributed by atoms with van der Waals surface area (Å²) in [6.45, 7) is 6.33. The molecule has 0 aliphatic carbocycles. The van der Waals surface area contributed by atoms with E-state index in [4.69, 9.17) is 16.3 Å². The van der Waals surface area contributed by atoms with Crippen molar-refractivity contribution in [2.45, 2.75) is 17.8 Å². The number of nitrogens with one attached hydrogen (secondary N) is 2. The minimum atomic E-state index is -0.0775. The maximum atomic E-state index is 12.3. The lowest BCUT2D eigenvalue weighted by atomic mass is 10.2. The topological polar surface area (TPSA) is 79.4 Å². The van der Waals surface area contributed by atoms with Gasteiger partial charge in [0.25, 0.3) is 0 Å². The summed E-state index contributed by atoms with van der Waals surface area (Å²) in [4.78, 5) is 14.7. The van der Waals surface area contributed by atoms with E-state index in [1.54, 1.807) is 0 Å². The Hall–Kier alpha value is -2.17. The number of hydrogen-bond acceptors (Lipinski definition) is 8. The summed E-state index contributed by atoms with van der Waals surface area (Å²) < 4.78 is 6.11. The van der Waals surface area contributed by atoms with E-state index in [0.29, 0.717) is 10.2 Å². The Morgan fingerprint density at radius 2 is 1.97 bits per heavy atom.